The number of aromatic nitrogens is 2. The zero-order chi connectivity index (χ0) is 25.1. The van der Waals surface area contributed by atoms with E-state index in [4.69, 9.17) is 4.98 Å². The Morgan fingerprint density at radius 1 is 1.06 bits per heavy atom. The summed E-state index contributed by atoms with van der Waals surface area (Å²) >= 11 is 2.90. The van der Waals surface area contributed by atoms with Crippen LogP contribution in [0.4, 0.5) is 5.13 Å². The number of fused-ring (bicyclic) bond motifs is 1. The second kappa shape index (κ2) is 10.7. The van der Waals surface area contributed by atoms with Crippen LogP contribution in [0.15, 0.2) is 82.7 Å². The van der Waals surface area contributed by atoms with Crippen molar-refractivity contribution in [3.63, 3.8) is 0 Å². The molecule has 10 heteroatoms. The maximum absolute atomic E-state index is 13.8. The lowest BCUT2D eigenvalue weighted by Gasteiger charge is -2.33. The summed E-state index contributed by atoms with van der Waals surface area (Å²) in [6.07, 6.45) is 4.51. The molecular formula is C26H26N4O3S3. The van der Waals surface area contributed by atoms with Crippen molar-refractivity contribution in [2.75, 3.05) is 24.2 Å². The molecule has 0 unspecified atom stereocenters. The molecule has 7 nitrogen and oxygen atoms in total. The number of nitrogens with zero attached hydrogens (tertiary/aromatic N) is 4. The van der Waals surface area contributed by atoms with Crippen LogP contribution in [0.2, 0.25) is 0 Å². The molecule has 186 valence electrons. The van der Waals surface area contributed by atoms with E-state index in [0.717, 1.165) is 20.8 Å². The molecule has 1 amide bonds. The van der Waals surface area contributed by atoms with E-state index in [9.17, 15) is 13.2 Å². The van der Waals surface area contributed by atoms with Crippen LogP contribution in [-0.2, 0) is 21.4 Å². The summed E-state index contributed by atoms with van der Waals surface area (Å²) in [5.74, 6) is -0.329. The molecule has 36 heavy (non-hydrogen) atoms. The summed E-state index contributed by atoms with van der Waals surface area (Å²) in [5.41, 5.74) is 1.63. The van der Waals surface area contributed by atoms with Gasteiger partial charge in [0, 0.05) is 30.1 Å². The van der Waals surface area contributed by atoms with Crippen LogP contribution in [0.5, 0.6) is 0 Å². The first-order chi connectivity index (χ1) is 17.5. The Bertz CT molecular complexity index is 1430. The molecule has 0 N–H and O–H groups in total. The summed E-state index contributed by atoms with van der Waals surface area (Å²) < 4.78 is 29.2. The SMILES string of the molecule is CSc1ccccc1S(=O)(=O)N1CCC(C(=O)N(Cc2ccccn2)c2nc3ccccc3s2)CC1. The number of carbonyl (C=O) groups is 1. The number of sulfonamides is 1. The van der Waals surface area contributed by atoms with Crippen molar-refractivity contribution in [1.82, 2.24) is 14.3 Å². The Morgan fingerprint density at radius 3 is 2.50 bits per heavy atom. The van der Waals surface area contributed by atoms with E-state index in [0.29, 0.717) is 42.5 Å². The van der Waals surface area contributed by atoms with Gasteiger partial charge >= 0.3 is 0 Å². The highest BCUT2D eigenvalue weighted by Crippen LogP contribution is 2.34. The lowest BCUT2D eigenvalue weighted by molar-refractivity contribution is -0.123. The predicted octanol–water partition coefficient (Wildman–Crippen LogP) is 5.05. The van der Waals surface area contributed by atoms with Gasteiger partial charge in [-0.1, -0.05) is 41.7 Å². The van der Waals surface area contributed by atoms with Gasteiger partial charge in [0.2, 0.25) is 15.9 Å². The van der Waals surface area contributed by atoms with E-state index in [-0.39, 0.29) is 11.8 Å². The van der Waals surface area contributed by atoms with E-state index in [1.54, 1.807) is 23.2 Å². The molecule has 1 aliphatic rings. The van der Waals surface area contributed by atoms with Gasteiger partial charge in [0.15, 0.2) is 5.13 Å². The van der Waals surface area contributed by atoms with E-state index >= 15 is 0 Å². The summed E-state index contributed by atoms with van der Waals surface area (Å²) in [4.78, 5) is 25.7. The molecule has 4 aromatic rings. The van der Waals surface area contributed by atoms with Gasteiger partial charge in [-0.3, -0.25) is 14.7 Å². The molecule has 0 atom stereocenters. The van der Waals surface area contributed by atoms with Crippen molar-refractivity contribution >= 4 is 54.4 Å². The Labute approximate surface area is 219 Å². The highest BCUT2D eigenvalue weighted by molar-refractivity contribution is 7.99. The molecule has 3 heterocycles. The Hall–Kier alpha value is -2.79. The van der Waals surface area contributed by atoms with Crippen molar-refractivity contribution in [2.24, 2.45) is 5.92 Å². The van der Waals surface area contributed by atoms with Crippen LogP contribution in [0.3, 0.4) is 0 Å². The van der Waals surface area contributed by atoms with Gasteiger partial charge in [0.25, 0.3) is 0 Å². The van der Waals surface area contributed by atoms with E-state index in [1.807, 2.05) is 60.9 Å². The number of thiazole rings is 1. The van der Waals surface area contributed by atoms with E-state index in [2.05, 4.69) is 4.98 Å². The van der Waals surface area contributed by atoms with Crippen molar-refractivity contribution in [3.05, 3.63) is 78.6 Å². The monoisotopic (exact) mass is 538 g/mol. The average molecular weight is 539 g/mol. The maximum Gasteiger partial charge on any atom is 0.244 e. The first kappa shape index (κ1) is 24.9. The lowest BCUT2D eigenvalue weighted by Crippen LogP contribution is -2.44. The first-order valence-corrected chi connectivity index (χ1v) is 15.2. The van der Waals surface area contributed by atoms with Crippen molar-refractivity contribution in [3.8, 4) is 0 Å². The van der Waals surface area contributed by atoms with E-state index < -0.39 is 10.0 Å². The average Bonchev–Trinajstić information content (AvgIpc) is 3.36. The molecule has 0 aliphatic carbocycles. The molecule has 0 spiro atoms. The minimum atomic E-state index is -3.62. The molecule has 2 aromatic heterocycles. The van der Waals surface area contributed by atoms with Crippen molar-refractivity contribution < 1.29 is 13.2 Å². The molecular weight excluding hydrogens is 513 g/mol. The summed E-state index contributed by atoms with van der Waals surface area (Å²) in [5, 5.41) is 0.635. The summed E-state index contributed by atoms with van der Waals surface area (Å²) in [6, 6.07) is 20.5. The third kappa shape index (κ3) is 5.04. The van der Waals surface area contributed by atoms with Crippen molar-refractivity contribution in [2.45, 2.75) is 29.2 Å². The highest BCUT2D eigenvalue weighted by atomic mass is 32.2. The molecule has 0 saturated carbocycles. The van der Waals surface area contributed by atoms with Gasteiger partial charge in [-0.2, -0.15) is 4.31 Å². The molecule has 0 bridgehead atoms. The number of amides is 1. The van der Waals surface area contributed by atoms with Crippen LogP contribution >= 0.6 is 23.1 Å². The smallest absolute Gasteiger partial charge is 0.244 e. The zero-order valence-corrected chi connectivity index (χ0v) is 22.2. The number of hydrogen-bond acceptors (Lipinski definition) is 7. The minimum Gasteiger partial charge on any atom is -0.282 e. The van der Waals surface area contributed by atoms with Crippen molar-refractivity contribution in [1.29, 1.82) is 0 Å². The second-order valence-corrected chi connectivity index (χ2v) is 12.3. The fraction of sp³-hybridized carbons (Fsp3) is 0.269. The number of piperidine rings is 1. The third-order valence-electron chi connectivity index (χ3n) is 6.32. The standard InChI is InChI=1S/C26H26N4O3S3/c1-34-23-11-4-5-12-24(23)36(32,33)29-16-13-19(14-17-29)25(31)30(18-20-8-6-7-15-27-20)26-28-21-9-2-3-10-22(21)35-26/h2-12,15,19H,13-14,16-18H2,1H3. The summed E-state index contributed by atoms with van der Waals surface area (Å²) in [6.45, 7) is 0.927. The number of rotatable bonds is 7. The lowest BCUT2D eigenvalue weighted by atomic mass is 9.96. The third-order valence-corrected chi connectivity index (χ3v) is 10.3. The number of thioether (sulfide) groups is 1. The Kier molecular flexibility index (Phi) is 7.38. The number of anilines is 1. The van der Waals surface area contributed by atoms with Crippen LogP contribution in [0, 0.1) is 5.92 Å². The van der Waals surface area contributed by atoms with Crippen LogP contribution < -0.4 is 4.90 Å². The van der Waals surface area contributed by atoms with Gasteiger partial charge in [0.1, 0.15) is 0 Å². The molecule has 1 fully saturated rings. The molecule has 1 aliphatic heterocycles. The van der Waals surface area contributed by atoms with Gasteiger partial charge in [-0.15, -0.1) is 11.8 Å². The quantitative estimate of drug-likeness (QED) is 0.306. The zero-order valence-electron chi connectivity index (χ0n) is 19.8. The van der Waals surface area contributed by atoms with Crippen LogP contribution in [-0.4, -0.2) is 47.9 Å². The topological polar surface area (TPSA) is 83.5 Å². The molecule has 2 aromatic carbocycles. The first-order valence-electron chi connectivity index (χ1n) is 11.7. The second-order valence-electron chi connectivity index (χ2n) is 8.54. The molecule has 0 radical (unpaired) electrons. The minimum absolute atomic E-state index is 0.0405. The highest BCUT2D eigenvalue weighted by Gasteiger charge is 2.35. The Morgan fingerprint density at radius 2 is 1.78 bits per heavy atom. The summed E-state index contributed by atoms with van der Waals surface area (Å²) in [7, 11) is -3.62. The predicted molar refractivity (Wildman–Crippen MR) is 145 cm³/mol. The van der Waals surface area contributed by atoms with Gasteiger partial charge < -0.3 is 0 Å². The van der Waals surface area contributed by atoms with Gasteiger partial charge in [-0.05, 0) is 55.5 Å². The van der Waals surface area contributed by atoms with Gasteiger partial charge in [-0.25, -0.2) is 13.4 Å². The fourth-order valence-corrected chi connectivity index (χ4v) is 7.97. The number of hydrogen-bond donors (Lipinski definition) is 0. The Balaban J connectivity index is 1.36. The molecule has 5 rings (SSSR count). The number of benzene rings is 2. The van der Waals surface area contributed by atoms with Gasteiger partial charge in [0.05, 0.1) is 27.4 Å². The van der Waals surface area contributed by atoms with Crippen LogP contribution in [0.25, 0.3) is 10.2 Å². The number of carbonyl (C=O) groups excluding carboxylic acids is 1. The van der Waals surface area contributed by atoms with E-state index in [1.165, 1.54) is 27.4 Å². The maximum atomic E-state index is 13.8. The number of para-hydroxylation sites is 1. The normalized spacial score (nSPS) is 15.2. The molecule has 1 saturated heterocycles. The number of pyridine rings is 1. The van der Waals surface area contributed by atoms with Crippen LogP contribution in [0.1, 0.15) is 18.5 Å². The fourth-order valence-electron chi connectivity index (χ4n) is 4.40. The largest absolute Gasteiger partial charge is 0.282 e.